The first kappa shape index (κ1) is 23.6. The number of benzene rings is 2. The predicted molar refractivity (Wildman–Crippen MR) is 140 cm³/mol. The first-order chi connectivity index (χ1) is 16.5. The number of nitrogens with one attached hydrogen (secondary N) is 3. The van der Waals surface area contributed by atoms with Gasteiger partial charge in [-0.2, -0.15) is 10.1 Å². The Balaban J connectivity index is 1.51. The Morgan fingerprint density at radius 2 is 1.79 bits per heavy atom. The molecule has 5 N–H and O–H groups in total. The highest BCUT2D eigenvalue weighted by atomic mass is 35.5. The normalized spacial score (nSPS) is 16.4. The molecule has 34 heavy (non-hydrogen) atoms. The highest BCUT2D eigenvalue weighted by molar-refractivity contribution is 6.33. The molecule has 0 radical (unpaired) electrons. The summed E-state index contributed by atoms with van der Waals surface area (Å²) < 4.78 is 0. The van der Waals surface area contributed by atoms with Crippen molar-refractivity contribution in [3.05, 3.63) is 65.7 Å². The summed E-state index contributed by atoms with van der Waals surface area (Å²) in [6, 6.07) is 19.5. The van der Waals surface area contributed by atoms with Gasteiger partial charge in [0.1, 0.15) is 6.17 Å². The quantitative estimate of drug-likeness (QED) is 0.329. The van der Waals surface area contributed by atoms with Crippen LogP contribution in [0.25, 0.3) is 11.3 Å². The molecule has 1 aromatic heterocycles. The molecule has 10 heteroatoms. The Morgan fingerprint density at radius 3 is 2.53 bits per heavy atom. The van der Waals surface area contributed by atoms with Gasteiger partial charge in [0, 0.05) is 32.2 Å². The number of H-pyrrole nitrogens is 1. The van der Waals surface area contributed by atoms with Gasteiger partial charge in [-0.1, -0.05) is 54.1 Å². The van der Waals surface area contributed by atoms with E-state index in [0.717, 1.165) is 43.1 Å². The highest BCUT2D eigenvalue weighted by Gasteiger charge is 2.19. The van der Waals surface area contributed by atoms with Gasteiger partial charge >= 0.3 is 0 Å². The fraction of sp³-hybridized carbons (Fsp3) is 0.292. The highest BCUT2D eigenvalue weighted by Crippen LogP contribution is 2.22. The third-order valence-corrected chi connectivity index (χ3v) is 5.80. The van der Waals surface area contributed by atoms with Gasteiger partial charge in [-0.3, -0.25) is 5.10 Å². The van der Waals surface area contributed by atoms with Crippen LogP contribution in [-0.2, 0) is 0 Å². The van der Waals surface area contributed by atoms with Crippen molar-refractivity contribution in [2.24, 2.45) is 15.7 Å². The second kappa shape index (κ2) is 11.0. The van der Waals surface area contributed by atoms with Crippen LogP contribution in [-0.4, -0.2) is 71.3 Å². The van der Waals surface area contributed by atoms with E-state index in [9.17, 15) is 0 Å². The number of aliphatic imine (C=N–C) groups is 2. The zero-order chi connectivity index (χ0) is 23.9. The van der Waals surface area contributed by atoms with Crippen molar-refractivity contribution in [3.63, 3.8) is 0 Å². The fourth-order valence-corrected chi connectivity index (χ4v) is 3.81. The summed E-state index contributed by atoms with van der Waals surface area (Å²) in [7, 11) is 2.11. The number of hydrogen-bond acceptors (Lipinski definition) is 4. The lowest BCUT2D eigenvalue weighted by molar-refractivity contribution is 0.213. The first-order valence-corrected chi connectivity index (χ1v) is 11.6. The van der Waals surface area contributed by atoms with Crippen LogP contribution in [0, 0.1) is 0 Å². The monoisotopic (exact) mass is 479 g/mol. The lowest BCUT2D eigenvalue weighted by Crippen LogP contribution is -2.47. The van der Waals surface area contributed by atoms with Crippen LogP contribution in [0.1, 0.15) is 6.92 Å². The van der Waals surface area contributed by atoms with Gasteiger partial charge in [0.25, 0.3) is 0 Å². The van der Waals surface area contributed by atoms with Crippen molar-refractivity contribution in [1.29, 1.82) is 0 Å². The molecule has 0 spiro atoms. The van der Waals surface area contributed by atoms with E-state index in [4.69, 9.17) is 22.3 Å². The number of aromatic nitrogens is 2. The van der Waals surface area contributed by atoms with E-state index in [1.807, 2.05) is 67.6 Å². The third-order valence-electron chi connectivity index (χ3n) is 5.47. The second-order valence-corrected chi connectivity index (χ2v) is 8.58. The average Bonchev–Trinajstić information content (AvgIpc) is 3.29. The van der Waals surface area contributed by atoms with E-state index in [-0.39, 0.29) is 12.1 Å². The molecule has 1 fully saturated rings. The van der Waals surface area contributed by atoms with Crippen LogP contribution in [0.4, 0.5) is 11.5 Å². The molecule has 0 amide bonds. The predicted octanol–water partition coefficient (Wildman–Crippen LogP) is 3.52. The molecule has 3 aromatic rings. The number of guanidine groups is 2. The maximum Gasteiger partial charge on any atom is 0.226 e. The van der Waals surface area contributed by atoms with Gasteiger partial charge in [-0.25, -0.2) is 4.99 Å². The molecule has 1 unspecified atom stereocenters. The summed E-state index contributed by atoms with van der Waals surface area (Å²) in [4.78, 5) is 13.9. The topological polar surface area (TPSA) is 110 Å². The molecule has 2 aromatic carbocycles. The van der Waals surface area contributed by atoms with Crippen molar-refractivity contribution in [2.45, 2.75) is 13.1 Å². The van der Waals surface area contributed by atoms with Crippen LogP contribution in [0.15, 0.2) is 70.6 Å². The van der Waals surface area contributed by atoms with E-state index in [1.54, 1.807) is 0 Å². The van der Waals surface area contributed by atoms with E-state index in [2.05, 4.69) is 42.7 Å². The Morgan fingerprint density at radius 1 is 1.09 bits per heavy atom. The number of halogens is 1. The molecular formula is C24H30ClN9. The molecule has 1 atom stereocenters. The number of rotatable bonds is 5. The van der Waals surface area contributed by atoms with Gasteiger partial charge in [0.15, 0.2) is 5.82 Å². The lowest BCUT2D eigenvalue weighted by Gasteiger charge is -2.33. The number of piperazine rings is 1. The largest absolute Gasteiger partial charge is 0.369 e. The summed E-state index contributed by atoms with van der Waals surface area (Å²) in [6.07, 6.45) is -0.263. The maximum atomic E-state index is 6.30. The smallest absolute Gasteiger partial charge is 0.226 e. The van der Waals surface area contributed by atoms with E-state index in [1.165, 1.54) is 0 Å². The summed E-state index contributed by atoms with van der Waals surface area (Å²) in [5, 5.41) is 14.4. The second-order valence-electron chi connectivity index (χ2n) is 8.17. The van der Waals surface area contributed by atoms with Crippen LogP contribution in [0.3, 0.4) is 0 Å². The number of hydrogen-bond donors (Lipinski definition) is 4. The molecule has 1 aliphatic heterocycles. The average molecular weight is 480 g/mol. The van der Waals surface area contributed by atoms with E-state index in [0.29, 0.717) is 16.8 Å². The number of nitrogens with zero attached hydrogens (tertiary/aromatic N) is 5. The molecule has 0 bridgehead atoms. The molecule has 0 aliphatic carbocycles. The number of anilines is 2. The molecule has 2 heterocycles. The number of nitrogens with two attached hydrogens (primary N) is 1. The minimum atomic E-state index is -0.263. The maximum absolute atomic E-state index is 6.30. The summed E-state index contributed by atoms with van der Waals surface area (Å²) in [5.74, 6) is 1.36. The number of likely N-dealkylation sites (N-methyl/N-ethyl adjacent to an activating group) is 1. The molecular weight excluding hydrogens is 450 g/mol. The van der Waals surface area contributed by atoms with Crippen molar-refractivity contribution in [2.75, 3.05) is 43.9 Å². The molecule has 178 valence electrons. The SMILES string of the molecule is CC(N=C(N=C(N)Nc1cc(-c2ccccc2)[nH]n1)N1CCN(C)CC1)Nc1ccccc1Cl. The Bertz CT molecular complexity index is 1130. The summed E-state index contributed by atoms with van der Waals surface area (Å²) in [6.45, 7) is 5.43. The van der Waals surface area contributed by atoms with Crippen LogP contribution in [0.5, 0.6) is 0 Å². The molecule has 0 saturated carbocycles. The van der Waals surface area contributed by atoms with Crippen molar-refractivity contribution in [1.82, 2.24) is 20.0 Å². The van der Waals surface area contributed by atoms with Crippen LogP contribution >= 0.6 is 11.6 Å². The van der Waals surface area contributed by atoms with E-state index >= 15 is 0 Å². The fourth-order valence-electron chi connectivity index (χ4n) is 3.61. The zero-order valence-corrected chi connectivity index (χ0v) is 20.1. The number of para-hydroxylation sites is 1. The lowest BCUT2D eigenvalue weighted by atomic mass is 10.2. The molecule has 9 nitrogen and oxygen atoms in total. The number of aromatic amines is 1. The van der Waals surface area contributed by atoms with E-state index < -0.39 is 0 Å². The minimum Gasteiger partial charge on any atom is -0.369 e. The minimum absolute atomic E-state index is 0.216. The van der Waals surface area contributed by atoms with Gasteiger partial charge < -0.3 is 26.2 Å². The standard InChI is InChI=1S/C24H30ClN9/c1-17(27-20-11-7-6-10-19(20)25)28-24(34-14-12-33(2)13-15-34)30-23(26)29-22-16-21(31-32-22)18-8-4-3-5-9-18/h3-11,16-17,27H,12-15H2,1-2H3,(H4,26,28,29,30,31,32). The third kappa shape index (κ3) is 6.27. The van der Waals surface area contributed by atoms with Gasteiger partial charge in [-0.15, -0.1) is 0 Å². The first-order valence-electron chi connectivity index (χ1n) is 11.2. The summed E-state index contributed by atoms with van der Waals surface area (Å²) >= 11 is 6.30. The Labute approximate surface area is 204 Å². The molecule has 1 aliphatic rings. The van der Waals surface area contributed by atoms with Crippen molar-refractivity contribution >= 4 is 35.0 Å². The van der Waals surface area contributed by atoms with Crippen LogP contribution < -0.4 is 16.4 Å². The van der Waals surface area contributed by atoms with Crippen molar-refractivity contribution < 1.29 is 0 Å². The Kier molecular flexibility index (Phi) is 7.66. The molecule has 1 saturated heterocycles. The summed E-state index contributed by atoms with van der Waals surface area (Å²) in [5.41, 5.74) is 9.01. The van der Waals surface area contributed by atoms with Gasteiger partial charge in [-0.05, 0) is 31.7 Å². The van der Waals surface area contributed by atoms with Crippen LogP contribution in [0.2, 0.25) is 5.02 Å². The van der Waals surface area contributed by atoms with Crippen molar-refractivity contribution in [3.8, 4) is 11.3 Å². The van der Waals surface area contributed by atoms with Gasteiger partial charge in [0.05, 0.1) is 16.4 Å². The molecule has 4 rings (SSSR count). The van der Waals surface area contributed by atoms with Gasteiger partial charge in [0.2, 0.25) is 11.9 Å². The Hall–Kier alpha value is -3.56. The zero-order valence-electron chi connectivity index (χ0n) is 19.4.